The quantitative estimate of drug-likeness (QED) is 0.561. The van der Waals surface area contributed by atoms with Gasteiger partial charge in [0.15, 0.2) is 11.5 Å². The van der Waals surface area contributed by atoms with Crippen LogP contribution in [0.25, 0.3) is 27.5 Å². The van der Waals surface area contributed by atoms with Crippen LogP contribution in [0.3, 0.4) is 0 Å². The fourth-order valence-electron chi connectivity index (χ4n) is 3.19. The molecule has 5 heteroatoms. The molecule has 4 rings (SSSR count). The molecule has 0 unspecified atom stereocenters. The molecule has 0 bridgehead atoms. The standard InChI is InChI=1S/C20H18N2O3/c1-23-18-12-17-15(19(24-2)20(18)25-3)8-10-22(17)14-6-7-16-13(11-14)5-4-9-21-16/h4-12H,1-3H3. The molecule has 4 aromatic rings. The average molecular weight is 334 g/mol. The first-order valence-corrected chi connectivity index (χ1v) is 7.92. The minimum atomic E-state index is 0.595. The number of benzene rings is 2. The second-order valence-electron chi connectivity index (χ2n) is 5.64. The van der Waals surface area contributed by atoms with Gasteiger partial charge in [0.25, 0.3) is 0 Å². The van der Waals surface area contributed by atoms with Gasteiger partial charge in [-0.2, -0.15) is 0 Å². The molecule has 5 nitrogen and oxygen atoms in total. The van der Waals surface area contributed by atoms with Gasteiger partial charge in [-0.05, 0) is 30.3 Å². The molecule has 0 amide bonds. The summed E-state index contributed by atoms with van der Waals surface area (Å²) in [6, 6.07) is 14.2. The molecule has 0 saturated heterocycles. The van der Waals surface area contributed by atoms with Crippen LogP contribution in [0.4, 0.5) is 0 Å². The monoisotopic (exact) mass is 334 g/mol. The van der Waals surface area contributed by atoms with Gasteiger partial charge < -0.3 is 18.8 Å². The van der Waals surface area contributed by atoms with Crippen molar-refractivity contribution < 1.29 is 14.2 Å². The zero-order valence-corrected chi connectivity index (χ0v) is 14.3. The zero-order chi connectivity index (χ0) is 17.4. The third-order valence-electron chi connectivity index (χ3n) is 4.36. The van der Waals surface area contributed by atoms with Crippen molar-refractivity contribution in [2.75, 3.05) is 21.3 Å². The maximum absolute atomic E-state index is 5.58. The lowest BCUT2D eigenvalue weighted by atomic mass is 10.2. The van der Waals surface area contributed by atoms with Gasteiger partial charge in [0.2, 0.25) is 5.75 Å². The van der Waals surface area contributed by atoms with E-state index < -0.39 is 0 Å². The van der Waals surface area contributed by atoms with Crippen molar-refractivity contribution in [2.24, 2.45) is 0 Å². The van der Waals surface area contributed by atoms with Crippen LogP contribution in [0.2, 0.25) is 0 Å². The van der Waals surface area contributed by atoms with Crippen LogP contribution in [-0.4, -0.2) is 30.9 Å². The Hall–Kier alpha value is -3.21. The Morgan fingerprint density at radius 2 is 1.72 bits per heavy atom. The second kappa shape index (κ2) is 6.02. The Labute approximate surface area is 145 Å². The van der Waals surface area contributed by atoms with Crippen molar-refractivity contribution in [3.05, 3.63) is 54.9 Å². The molecule has 0 aliphatic rings. The Kier molecular flexibility index (Phi) is 3.69. The van der Waals surface area contributed by atoms with Gasteiger partial charge >= 0.3 is 0 Å². The molecular weight excluding hydrogens is 316 g/mol. The van der Waals surface area contributed by atoms with E-state index in [9.17, 15) is 0 Å². The molecule has 0 N–H and O–H groups in total. The minimum Gasteiger partial charge on any atom is -0.493 e. The van der Waals surface area contributed by atoms with Crippen LogP contribution in [-0.2, 0) is 0 Å². The smallest absolute Gasteiger partial charge is 0.204 e. The molecule has 0 aliphatic carbocycles. The third kappa shape index (κ3) is 2.36. The summed E-state index contributed by atoms with van der Waals surface area (Å²) in [4.78, 5) is 4.38. The van der Waals surface area contributed by atoms with Crippen molar-refractivity contribution in [2.45, 2.75) is 0 Å². The van der Waals surface area contributed by atoms with Crippen LogP contribution < -0.4 is 14.2 Å². The molecule has 2 heterocycles. The van der Waals surface area contributed by atoms with Gasteiger partial charge in [0, 0.05) is 34.9 Å². The van der Waals surface area contributed by atoms with Crippen molar-refractivity contribution in [3.8, 4) is 22.9 Å². The Morgan fingerprint density at radius 1 is 0.880 bits per heavy atom. The van der Waals surface area contributed by atoms with Crippen molar-refractivity contribution in [1.29, 1.82) is 0 Å². The van der Waals surface area contributed by atoms with Crippen molar-refractivity contribution >= 4 is 21.8 Å². The summed E-state index contributed by atoms with van der Waals surface area (Å²) in [5.41, 5.74) is 3.00. The molecule has 0 aliphatic heterocycles. The molecular formula is C20H18N2O3. The van der Waals surface area contributed by atoms with Crippen LogP contribution in [0, 0.1) is 0 Å². The predicted molar refractivity (Wildman–Crippen MR) is 98.2 cm³/mol. The first-order chi connectivity index (χ1) is 12.3. The number of methoxy groups -OCH3 is 3. The number of fused-ring (bicyclic) bond motifs is 2. The van der Waals surface area contributed by atoms with Crippen LogP contribution in [0.5, 0.6) is 17.2 Å². The average Bonchev–Trinajstić information content (AvgIpc) is 3.09. The van der Waals surface area contributed by atoms with Crippen molar-refractivity contribution in [3.63, 3.8) is 0 Å². The van der Waals surface area contributed by atoms with Crippen LogP contribution >= 0.6 is 0 Å². The summed E-state index contributed by atoms with van der Waals surface area (Å²) < 4.78 is 18.6. The number of aromatic nitrogens is 2. The van der Waals surface area contributed by atoms with E-state index in [1.54, 1.807) is 27.5 Å². The maximum Gasteiger partial charge on any atom is 0.204 e. The number of ether oxygens (including phenoxy) is 3. The lowest BCUT2D eigenvalue weighted by Crippen LogP contribution is -1.97. The van der Waals surface area contributed by atoms with Crippen molar-refractivity contribution in [1.82, 2.24) is 9.55 Å². The summed E-state index contributed by atoms with van der Waals surface area (Å²) in [6.07, 6.45) is 3.82. The van der Waals surface area contributed by atoms with E-state index in [0.717, 1.165) is 27.5 Å². The normalized spacial score (nSPS) is 11.0. The summed E-state index contributed by atoms with van der Waals surface area (Å²) >= 11 is 0. The lowest BCUT2D eigenvalue weighted by molar-refractivity contribution is 0.327. The highest BCUT2D eigenvalue weighted by Crippen LogP contribution is 2.44. The Morgan fingerprint density at radius 3 is 2.48 bits per heavy atom. The number of nitrogens with zero attached hydrogens (tertiary/aromatic N) is 2. The minimum absolute atomic E-state index is 0.595. The molecule has 0 spiro atoms. The fraction of sp³-hybridized carbons (Fsp3) is 0.150. The first-order valence-electron chi connectivity index (χ1n) is 7.92. The largest absolute Gasteiger partial charge is 0.493 e. The van der Waals surface area contributed by atoms with E-state index >= 15 is 0 Å². The molecule has 0 atom stereocenters. The number of pyridine rings is 1. The van der Waals surface area contributed by atoms with E-state index in [1.807, 2.05) is 30.5 Å². The SMILES string of the molecule is COc1cc2c(ccn2-c2ccc3ncccc3c2)c(OC)c1OC. The fourth-order valence-corrected chi connectivity index (χ4v) is 3.19. The summed E-state index contributed by atoms with van der Waals surface area (Å²) in [5.74, 6) is 1.89. The Balaban J connectivity index is 1.98. The van der Waals surface area contributed by atoms with E-state index in [1.165, 1.54) is 0 Å². The van der Waals surface area contributed by atoms with E-state index in [4.69, 9.17) is 14.2 Å². The first kappa shape index (κ1) is 15.3. The highest BCUT2D eigenvalue weighted by atomic mass is 16.5. The third-order valence-corrected chi connectivity index (χ3v) is 4.36. The zero-order valence-electron chi connectivity index (χ0n) is 14.3. The van der Waals surface area contributed by atoms with Gasteiger partial charge in [0.05, 0.1) is 32.4 Å². The number of rotatable bonds is 4. The van der Waals surface area contributed by atoms with E-state index in [0.29, 0.717) is 17.2 Å². The van der Waals surface area contributed by atoms with Gasteiger partial charge in [-0.3, -0.25) is 4.98 Å². The molecule has 2 aromatic carbocycles. The number of hydrogen-bond acceptors (Lipinski definition) is 4. The van der Waals surface area contributed by atoms with Crippen LogP contribution in [0.1, 0.15) is 0 Å². The predicted octanol–water partition coefficient (Wildman–Crippen LogP) is 4.20. The molecule has 0 fully saturated rings. The maximum atomic E-state index is 5.58. The highest BCUT2D eigenvalue weighted by molar-refractivity contribution is 5.93. The number of hydrogen-bond donors (Lipinski definition) is 0. The van der Waals surface area contributed by atoms with Gasteiger partial charge in [0.1, 0.15) is 0 Å². The molecule has 0 radical (unpaired) electrons. The lowest BCUT2D eigenvalue weighted by Gasteiger charge is -2.14. The van der Waals surface area contributed by atoms with Crippen LogP contribution in [0.15, 0.2) is 54.9 Å². The summed E-state index contributed by atoms with van der Waals surface area (Å²) in [7, 11) is 4.87. The Bertz CT molecular complexity index is 1070. The topological polar surface area (TPSA) is 45.5 Å². The van der Waals surface area contributed by atoms with Gasteiger partial charge in [-0.1, -0.05) is 6.07 Å². The summed E-state index contributed by atoms with van der Waals surface area (Å²) in [5, 5.41) is 2.06. The van der Waals surface area contributed by atoms with Gasteiger partial charge in [-0.15, -0.1) is 0 Å². The molecule has 25 heavy (non-hydrogen) atoms. The molecule has 126 valence electrons. The summed E-state index contributed by atoms with van der Waals surface area (Å²) in [6.45, 7) is 0. The second-order valence-corrected chi connectivity index (χ2v) is 5.64. The van der Waals surface area contributed by atoms with Gasteiger partial charge in [-0.25, -0.2) is 0 Å². The highest BCUT2D eigenvalue weighted by Gasteiger charge is 2.18. The molecule has 2 aromatic heterocycles. The van der Waals surface area contributed by atoms with E-state index in [2.05, 4.69) is 27.8 Å². The van der Waals surface area contributed by atoms with E-state index in [-0.39, 0.29) is 0 Å². The molecule has 0 saturated carbocycles.